The second kappa shape index (κ2) is 7.51. The number of amides is 1. The first kappa shape index (κ1) is 16.6. The highest BCUT2D eigenvalue weighted by atomic mass is 16.5. The monoisotopic (exact) mass is 302 g/mol. The molecule has 0 aromatic rings. The Morgan fingerprint density at radius 3 is 2.86 bits per heavy atom. The molecule has 5 atom stereocenters. The van der Waals surface area contributed by atoms with E-state index in [1.54, 1.807) is 7.11 Å². The zero-order valence-corrected chi connectivity index (χ0v) is 12.7. The molecule has 0 aliphatic carbocycles. The highest BCUT2D eigenvalue weighted by molar-refractivity contribution is 5.72. The molecule has 2 heterocycles. The van der Waals surface area contributed by atoms with E-state index in [1.807, 2.05) is 0 Å². The third-order valence-electron chi connectivity index (χ3n) is 4.36. The maximum absolute atomic E-state index is 11.1. The van der Waals surface area contributed by atoms with E-state index in [2.05, 4.69) is 10.2 Å². The molecule has 2 saturated heterocycles. The smallest absolute Gasteiger partial charge is 0.216 e. The van der Waals surface area contributed by atoms with Crippen molar-refractivity contribution in [2.24, 2.45) is 0 Å². The minimum Gasteiger partial charge on any atom is -0.394 e. The molecule has 0 saturated carbocycles. The molecule has 3 N–H and O–H groups in total. The molecule has 0 bridgehead atoms. The molecule has 122 valence electrons. The summed E-state index contributed by atoms with van der Waals surface area (Å²) in [6.07, 6.45) is 0.393. The fourth-order valence-electron chi connectivity index (χ4n) is 3.42. The van der Waals surface area contributed by atoms with Gasteiger partial charge in [0.1, 0.15) is 12.2 Å². The van der Waals surface area contributed by atoms with Crippen LogP contribution in [0.4, 0.5) is 0 Å². The maximum atomic E-state index is 11.1. The molecule has 0 aromatic carbocycles. The molecule has 7 nitrogen and oxygen atoms in total. The first-order valence-electron chi connectivity index (χ1n) is 7.52. The highest BCUT2D eigenvalue weighted by Crippen LogP contribution is 2.31. The normalized spacial score (nSPS) is 37.0. The molecule has 0 aromatic heterocycles. The fraction of sp³-hybridized carbons (Fsp3) is 0.929. The summed E-state index contributed by atoms with van der Waals surface area (Å²) in [5.41, 5.74) is 0. The molecule has 2 aliphatic heterocycles. The van der Waals surface area contributed by atoms with E-state index >= 15 is 0 Å². The Morgan fingerprint density at radius 1 is 1.48 bits per heavy atom. The van der Waals surface area contributed by atoms with Crippen molar-refractivity contribution in [2.75, 3.05) is 33.4 Å². The maximum Gasteiger partial charge on any atom is 0.216 e. The van der Waals surface area contributed by atoms with Crippen molar-refractivity contribution in [1.29, 1.82) is 0 Å². The zero-order chi connectivity index (χ0) is 15.4. The second-order valence-electron chi connectivity index (χ2n) is 5.80. The number of methoxy groups -OCH3 is 1. The largest absolute Gasteiger partial charge is 0.394 e. The fourth-order valence-corrected chi connectivity index (χ4v) is 3.42. The number of rotatable bonds is 6. The molecule has 0 spiro atoms. The molecule has 0 unspecified atom stereocenters. The number of aliphatic hydroxyl groups is 2. The van der Waals surface area contributed by atoms with Crippen molar-refractivity contribution in [1.82, 2.24) is 10.2 Å². The molecule has 7 heteroatoms. The van der Waals surface area contributed by atoms with Gasteiger partial charge >= 0.3 is 0 Å². The molecular weight excluding hydrogens is 276 g/mol. The van der Waals surface area contributed by atoms with E-state index < -0.39 is 12.2 Å². The molecule has 1 amide bonds. The van der Waals surface area contributed by atoms with Crippen LogP contribution in [0.2, 0.25) is 0 Å². The van der Waals surface area contributed by atoms with Gasteiger partial charge in [-0.25, -0.2) is 0 Å². The van der Waals surface area contributed by atoms with Crippen molar-refractivity contribution < 1.29 is 24.5 Å². The van der Waals surface area contributed by atoms with Crippen LogP contribution in [0.15, 0.2) is 0 Å². The molecule has 2 rings (SSSR count). The van der Waals surface area contributed by atoms with Gasteiger partial charge in [0.05, 0.1) is 25.4 Å². The van der Waals surface area contributed by atoms with Crippen molar-refractivity contribution >= 4 is 5.91 Å². The number of nitrogens with zero attached hydrogens (tertiary/aromatic N) is 1. The quantitative estimate of drug-likeness (QED) is 0.566. The van der Waals surface area contributed by atoms with Gasteiger partial charge < -0.3 is 25.0 Å². The van der Waals surface area contributed by atoms with Crippen molar-refractivity contribution in [3.8, 4) is 0 Å². The van der Waals surface area contributed by atoms with E-state index in [0.29, 0.717) is 13.2 Å². The average Bonchev–Trinajstić information content (AvgIpc) is 3.01. The summed E-state index contributed by atoms with van der Waals surface area (Å²) in [4.78, 5) is 13.3. The number of hydrogen-bond donors (Lipinski definition) is 3. The third-order valence-corrected chi connectivity index (χ3v) is 4.36. The SMILES string of the molecule is COC[C@H]1CCCN1[C@@H]1[C@H](O)[C@H](CO)O[C@@H]1CNC(C)=O. The van der Waals surface area contributed by atoms with Crippen LogP contribution in [0.25, 0.3) is 0 Å². The van der Waals surface area contributed by atoms with Crippen LogP contribution >= 0.6 is 0 Å². The van der Waals surface area contributed by atoms with Crippen molar-refractivity contribution in [3.05, 3.63) is 0 Å². The number of carbonyl (C=O) groups excluding carboxylic acids is 1. The number of hydrogen-bond acceptors (Lipinski definition) is 6. The molecule has 0 radical (unpaired) electrons. The Kier molecular flexibility index (Phi) is 5.95. The van der Waals surface area contributed by atoms with Gasteiger partial charge in [0.15, 0.2) is 0 Å². The van der Waals surface area contributed by atoms with E-state index in [4.69, 9.17) is 9.47 Å². The van der Waals surface area contributed by atoms with Gasteiger partial charge in [-0.2, -0.15) is 0 Å². The molecular formula is C14H26N2O5. The van der Waals surface area contributed by atoms with Crippen LogP contribution in [0, 0.1) is 0 Å². The first-order valence-corrected chi connectivity index (χ1v) is 7.52. The summed E-state index contributed by atoms with van der Waals surface area (Å²) in [6.45, 7) is 3.04. The lowest BCUT2D eigenvalue weighted by molar-refractivity contribution is -0.119. The van der Waals surface area contributed by atoms with Gasteiger partial charge in [0, 0.05) is 26.6 Å². The van der Waals surface area contributed by atoms with Gasteiger partial charge in [-0.1, -0.05) is 0 Å². The Bertz CT molecular complexity index is 354. The van der Waals surface area contributed by atoms with Crippen molar-refractivity contribution in [2.45, 2.75) is 50.2 Å². The first-order chi connectivity index (χ1) is 10.1. The third kappa shape index (κ3) is 3.73. The van der Waals surface area contributed by atoms with Crippen molar-refractivity contribution in [3.63, 3.8) is 0 Å². The number of carbonyl (C=O) groups is 1. The van der Waals surface area contributed by atoms with Crippen LogP contribution in [0.5, 0.6) is 0 Å². The second-order valence-corrected chi connectivity index (χ2v) is 5.80. The van der Waals surface area contributed by atoms with Gasteiger partial charge in [-0.3, -0.25) is 9.69 Å². The lowest BCUT2D eigenvalue weighted by atomic mass is 10.0. The summed E-state index contributed by atoms with van der Waals surface area (Å²) < 4.78 is 11.0. The number of likely N-dealkylation sites (tertiary alicyclic amines) is 1. The van der Waals surface area contributed by atoms with Gasteiger partial charge in [-0.05, 0) is 19.4 Å². The summed E-state index contributed by atoms with van der Waals surface area (Å²) in [5.74, 6) is -0.130. The van der Waals surface area contributed by atoms with E-state index in [1.165, 1.54) is 6.92 Å². The lowest BCUT2D eigenvalue weighted by Crippen LogP contribution is -2.53. The Balaban J connectivity index is 2.09. The zero-order valence-electron chi connectivity index (χ0n) is 12.7. The molecule has 21 heavy (non-hydrogen) atoms. The topological polar surface area (TPSA) is 91.3 Å². The Hall–Kier alpha value is -0.730. The molecule has 2 aliphatic rings. The number of aliphatic hydroxyl groups excluding tert-OH is 2. The predicted molar refractivity (Wildman–Crippen MR) is 75.8 cm³/mol. The van der Waals surface area contributed by atoms with E-state index in [0.717, 1.165) is 19.4 Å². The average molecular weight is 302 g/mol. The minimum atomic E-state index is -0.758. The number of nitrogens with one attached hydrogen (secondary N) is 1. The molecule has 2 fully saturated rings. The summed E-state index contributed by atoms with van der Waals surface area (Å²) in [6, 6.07) is 0.0205. The van der Waals surface area contributed by atoms with Crippen LogP contribution in [0.3, 0.4) is 0 Å². The van der Waals surface area contributed by atoms with Gasteiger partial charge in [-0.15, -0.1) is 0 Å². The van der Waals surface area contributed by atoms with Crippen LogP contribution in [-0.2, 0) is 14.3 Å². The Labute approximate surface area is 125 Å². The summed E-state index contributed by atoms with van der Waals surface area (Å²) in [5, 5.41) is 22.5. The van der Waals surface area contributed by atoms with Crippen LogP contribution < -0.4 is 5.32 Å². The summed E-state index contributed by atoms with van der Waals surface area (Å²) in [7, 11) is 1.67. The van der Waals surface area contributed by atoms with Gasteiger partial charge in [0.2, 0.25) is 5.91 Å². The highest BCUT2D eigenvalue weighted by Gasteiger charge is 2.48. The predicted octanol–water partition coefficient (Wildman–Crippen LogP) is -1.28. The lowest BCUT2D eigenvalue weighted by Gasteiger charge is -2.34. The van der Waals surface area contributed by atoms with Crippen LogP contribution in [-0.4, -0.2) is 84.8 Å². The van der Waals surface area contributed by atoms with E-state index in [-0.39, 0.29) is 30.7 Å². The Morgan fingerprint density at radius 2 is 2.24 bits per heavy atom. The van der Waals surface area contributed by atoms with Crippen LogP contribution in [0.1, 0.15) is 19.8 Å². The van der Waals surface area contributed by atoms with Gasteiger partial charge in [0.25, 0.3) is 0 Å². The standard InChI is InChI=1S/C14H26N2O5/c1-9(18)15-6-11-13(14(19)12(7-17)21-11)16-5-3-4-10(16)8-20-2/h10-14,17,19H,3-8H2,1-2H3,(H,15,18)/t10-,11-,12+,13+,14-/m1/s1. The number of ether oxygens (including phenoxy) is 2. The minimum absolute atomic E-state index is 0.130. The summed E-state index contributed by atoms with van der Waals surface area (Å²) >= 11 is 0. The van der Waals surface area contributed by atoms with E-state index in [9.17, 15) is 15.0 Å².